The number of hydrogen-bond donors (Lipinski definition) is 0. The maximum absolute atomic E-state index is 13.3. The molecule has 27 heavy (non-hydrogen) atoms. The standard InChI is InChI=1S/C20H20FN3O2S/c21-17-8-6-16(7-9-17)19-22-23-20(27-13-18-10-11-25-14-26-18)24(19)12-15-4-2-1-3-5-15/h1-9,18H,10-14H2/t18-/m0/s1. The Labute approximate surface area is 161 Å². The molecule has 2 aromatic carbocycles. The van der Waals surface area contributed by atoms with Crippen LogP contribution in [-0.4, -0.2) is 40.0 Å². The minimum Gasteiger partial charge on any atom is -0.355 e. The van der Waals surface area contributed by atoms with Crippen LogP contribution in [-0.2, 0) is 16.0 Å². The second kappa shape index (κ2) is 8.65. The van der Waals surface area contributed by atoms with Gasteiger partial charge in [-0.15, -0.1) is 10.2 Å². The Hall–Kier alpha value is -2.22. The summed E-state index contributed by atoms with van der Waals surface area (Å²) in [5.74, 6) is 1.26. The van der Waals surface area contributed by atoms with E-state index in [0.29, 0.717) is 13.3 Å². The highest BCUT2D eigenvalue weighted by Gasteiger charge is 2.19. The van der Waals surface area contributed by atoms with E-state index in [4.69, 9.17) is 9.47 Å². The van der Waals surface area contributed by atoms with Gasteiger partial charge in [0.05, 0.1) is 19.3 Å². The predicted octanol–water partition coefficient (Wildman–Crippen LogP) is 3.99. The number of hydrogen-bond acceptors (Lipinski definition) is 5. The molecule has 1 aliphatic heterocycles. The van der Waals surface area contributed by atoms with Gasteiger partial charge in [-0.25, -0.2) is 4.39 Å². The second-order valence-electron chi connectivity index (χ2n) is 6.30. The van der Waals surface area contributed by atoms with Crippen molar-refractivity contribution in [1.29, 1.82) is 0 Å². The maximum atomic E-state index is 13.3. The third kappa shape index (κ3) is 4.55. The molecule has 3 aromatic rings. The topological polar surface area (TPSA) is 49.2 Å². The van der Waals surface area contributed by atoms with Crippen molar-refractivity contribution in [3.05, 3.63) is 66.0 Å². The second-order valence-corrected chi connectivity index (χ2v) is 7.29. The van der Waals surface area contributed by atoms with Crippen LogP contribution < -0.4 is 0 Å². The smallest absolute Gasteiger partial charge is 0.191 e. The number of aromatic nitrogens is 3. The first-order valence-corrected chi connectivity index (χ1v) is 9.83. The van der Waals surface area contributed by atoms with Crippen LogP contribution in [0.5, 0.6) is 0 Å². The zero-order chi connectivity index (χ0) is 18.5. The third-order valence-electron chi connectivity index (χ3n) is 4.37. The normalized spacial score (nSPS) is 17.1. The SMILES string of the molecule is Fc1ccc(-c2nnc(SC[C@@H]3CCOCO3)n2Cc2ccccc2)cc1. The molecule has 1 aromatic heterocycles. The Morgan fingerprint density at radius 3 is 2.63 bits per heavy atom. The summed E-state index contributed by atoms with van der Waals surface area (Å²) >= 11 is 1.63. The van der Waals surface area contributed by atoms with Crippen LogP contribution in [0.25, 0.3) is 11.4 Å². The highest BCUT2D eigenvalue weighted by Crippen LogP contribution is 2.27. The summed E-state index contributed by atoms with van der Waals surface area (Å²) in [7, 11) is 0. The van der Waals surface area contributed by atoms with E-state index >= 15 is 0 Å². The quantitative estimate of drug-likeness (QED) is 0.601. The first-order chi connectivity index (χ1) is 13.3. The van der Waals surface area contributed by atoms with Crippen LogP contribution >= 0.6 is 11.8 Å². The molecule has 0 amide bonds. The lowest BCUT2D eigenvalue weighted by atomic mass is 10.2. The zero-order valence-corrected chi connectivity index (χ0v) is 15.6. The molecular formula is C20H20FN3O2S. The molecule has 0 spiro atoms. The molecule has 1 atom stereocenters. The molecule has 0 radical (unpaired) electrons. The van der Waals surface area contributed by atoms with Gasteiger partial charge in [-0.3, -0.25) is 4.57 Å². The first-order valence-electron chi connectivity index (χ1n) is 8.85. The van der Waals surface area contributed by atoms with Gasteiger partial charge in [0, 0.05) is 11.3 Å². The van der Waals surface area contributed by atoms with Crippen molar-refractivity contribution >= 4 is 11.8 Å². The molecule has 0 saturated carbocycles. The van der Waals surface area contributed by atoms with E-state index in [1.54, 1.807) is 23.9 Å². The van der Waals surface area contributed by atoms with Gasteiger partial charge < -0.3 is 9.47 Å². The molecule has 1 aliphatic rings. The molecule has 0 aliphatic carbocycles. The van der Waals surface area contributed by atoms with Gasteiger partial charge >= 0.3 is 0 Å². The molecule has 1 fully saturated rings. The Bertz CT molecular complexity index is 865. The van der Waals surface area contributed by atoms with E-state index in [1.165, 1.54) is 12.1 Å². The van der Waals surface area contributed by atoms with Crippen LogP contribution in [0.4, 0.5) is 4.39 Å². The van der Waals surface area contributed by atoms with Gasteiger partial charge in [0.25, 0.3) is 0 Å². The van der Waals surface area contributed by atoms with Crippen molar-refractivity contribution in [3.8, 4) is 11.4 Å². The molecule has 0 bridgehead atoms. The van der Waals surface area contributed by atoms with E-state index in [0.717, 1.165) is 40.9 Å². The lowest BCUT2D eigenvalue weighted by Crippen LogP contribution is -2.25. The largest absolute Gasteiger partial charge is 0.355 e. The molecular weight excluding hydrogens is 365 g/mol. The Morgan fingerprint density at radius 1 is 1.07 bits per heavy atom. The predicted molar refractivity (Wildman–Crippen MR) is 102 cm³/mol. The Balaban J connectivity index is 1.60. The van der Waals surface area contributed by atoms with E-state index in [1.807, 2.05) is 18.2 Å². The number of thioether (sulfide) groups is 1. The lowest BCUT2D eigenvalue weighted by Gasteiger charge is -2.22. The van der Waals surface area contributed by atoms with Gasteiger partial charge in [-0.1, -0.05) is 42.1 Å². The molecule has 5 nitrogen and oxygen atoms in total. The van der Waals surface area contributed by atoms with Crippen molar-refractivity contribution in [2.45, 2.75) is 24.2 Å². The van der Waals surface area contributed by atoms with Crippen molar-refractivity contribution in [1.82, 2.24) is 14.8 Å². The van der Waals surface area contributed by atoms with Crippen molar-refractivity contribution < 1.29 is 13.9 Å². The summed E-state index contributed by atoms with van der Waals surface area (Å²) in [6.07, 6.45) is 1.03. The fourth-order valence-corrected chi connectivity index (χ4v) is 3.92. The fourth-order valence-electron chi connectivity index (χ4n) is 2.92. The number of ether oxygens (including phenoxy) is 2. The highest BCUT2D eigenvalue weighted by molar-refractivity contribution is 7.99. The summed E-state index contributed by atoms with van der Waals surface area (Å²) < 4.78 is 26.2. The van der Waals surface area contributed by atoms with Crippen molar-refractivity contribution in [3.63, 3.8) is 0 Å². The first kappa shape index (κ1) is 18.2. The van der Waals surface area contributed by atoms with Gasteiger partial charge in [0.2, 0.25) is 0 Å². The van der Waals surface area contributed by atoms with Gasteiger partial charge in [-0.05, 0) is 36.2 Å². The molecule has 4 rings (SSSR count). The summed E-state index contributed by atoms with van der Waals surface area (Å²) in [5.41, 5.74) is 2.00. The van der Waals surface area contributed by atoms with Gasteiger partial charge in [-0.2, -0.15) is 0 Å². The number of rotatable bonds is 6. The monoisotopic (exact) mass is 385 g/mol. The summed E-state index contributed by atoms with van der Waals surface area (Å²) in [6.45, 7) is 1.73. The van der Waals surface area contributed by atoms with Gasteiger partial charge in [0.1, 0.15) is 12.6 Å². The van der Waals surface area contributed by atoms with Crippen LogP contribution in [0.1, 0.15) is 12.0 Å². The summed E-state index contributed by atoms with van der Waals surface area (Å²) in [5, 5.41) is 9.60. The minimum atomic E-state index is -0.265. The molecule has 2 heterocycles. The van der Waals surface area contributed by atoms with Crippen LogP contribution in [0.3, 0.4) is 0 Å². The lowest BCUT2D eigenvalue weighted by molar-refractivity contribution is -0.130. The fraction of sp³-hybridized carbons (Fsp3) is 0.300. The highest BCUT2D eigenvalue weighted by atomic mass is 32.2. The number of halogens is 1. The van der Waals surface area contributed by atoms with Crippen molar-refractivity contribution in [2.75, 3.05) is 19.2 Å². The molecule has 140 valence electrons. The third-order valence-corrected chi connectivity index (χ3v) is 5.47. The van der Waals surface area contributed by atoms with E-state index in [9.17, 15) is 4.39 Å². The maximum Gasteiger partial charge on any atom is 0.191 e. The number of benzene rings is 2. The molecule has 7 heteroatoms. The Kier molecular flexibility index (Phi) is 5.81. The van der Waals surface area contributed by atoms with E-state index < -0.39 is 0 Å². The average molecular weight is 385 g/mol. The van der Waals surface area contributed by atoms with Gasteiger partial charge in [0.15, 0.2) is 11.0 Å². The molecule has 0 unspecified atom stereocenters. The summed E-state index contributed by atoms with van der Waals surface area (Å²) in [4.78, 5) is 0. The van der Waals surface area contributed by atoms with E-state index in [2.05, 4.69) is 26.9 Å². The van der Waals surface area contributed by atoms with Crippen LogP contribution in [0, 0.1) is 5.82 Å². The summed E-state index contributed by atoms with van der Waals surface area (Å²) in [6, 6.07) is 16.5. The minimum absolute atomic E-state index is 0.153. The number of nitrogens with zero attached hydrogens (tertiary/aromatic N) is 3. The average Bonchev–Trinajstić information content (AvgIpc) is 3.11. The van der Waals surface area contributed by atoms with Crippen LogP contribution in [0.2, 0.25) is 0 Å². The molecule has 0 N–H and O–H groups in total. The zero-order valence-electron chi connectivity index (χ0n) is 14.8. The van der Waals surface area contributed by atoms with Crippen molar-refractivity contribution in [2.24, 2.45) is 0 Å². The van der Waals surface area contributed by atoms with Crippen LogP contribution in [0.15, 0.2) is 59.8 Å². The Morgan fingerprint density at radius 2 is 1.89 bits per heavy atom. The molecule has 1 saturated heterocycles. The van der Waals surface area contributed by atoms with E-state index in [-0.39, 0.29) is 11.9 Å².